The van der Waals surface area contributed by atoms with Crippen LogP contribution in [0.25, 0.3) is 10.9 Å². The van der Waals surface area contributed by atoms with Gasteiger partial charge in [-0.3, -0.25) is 4.98 Å². The van der Waals surface area contributed by atoms with Crippen molar-refractivity contribution >= 4 is 34.1 Å². The topological polar surface area (TPSA) is 12.9 Å². The van der Waals surface area contributed by atoms with Crippen molar-refractivity contribution in [1.82, 2.24) is 4.98 Å². The first-order valence-electron chi connectivity index (χ1n) is 4.32. The molecule has 0 unspecified atom stereocenters. The zero-order chi connectivity index (χ0) is 10.3. The lowest BCUT2D eigenvalue weighted by molar-refractivity contribution is 1.20. The molecular weight excluding hydrogens is 217 g/mol. The minimum atomic E-state index is 0.646. The zero-order valence-electron chi connectivity index (χ0n) is 7.94. The number of hydrogen-bond acceptors (Lipinski definition) is 1. The van der Waals surface area contributed by atoms with Crippen LogP contribution in [-0.2, 0) is 0 Å². The smallest absolute Gasteiger partial charge is 0.0906 e. The van der Waals surface area contributed by atoms with Gasteiger partial charge in [0.2, 0.25) is 0 Å². The first kappa shape index (κ1) is 9.75. The Morgan fingerprint density at radius 3 is 2.57 bits per heavy atom. The SMILES string of the molecule is Cc1nc2c(Cl)cccc2c(Cl)c1C. The Balaban J connectivity index is 2.98. The molecule has 0 saturated heterocycles. The molecule has 0 bridgehead atoms. The summed E-state index contributed by atoms with van der Waals surface area (Å²) >= 11 is 12.2. The Bertz CT molecular complexity index is 506. The standard InChI is InChI=1S/C11H9Cl2N/c1-6-7(2)14-11-8(10(6)13)4-3-5-9(11)12/h3-5H,1-2H3. The van der Waals surface area contributed by atoms with E-state index in [1.165, 1.54) is 0 Å². The van der Waals surface area contributed by atoms with E-state index in [0.717, 1.165) is 27.2 Å². The summed E-state index contributed by atoms with van der Waals surface area (Å²) in [4.78, 5) is 4.42. The number of aromatic nitrogens is 1. The minimum absolute atomic E-state index is 0.646. The van der Waals surface area contributed by atoms with Crippen molar-refractivity contribution in [2.75, 3.05) is 0 Å². The number of benzene rings is 1. The number of halogens is 2. The summed E-state index contributed by atoms with van der Waals surface area (Å²) < 4.78 is 0. The summed E-state index contributed by atoms with van der Waals surface area (Å²) in [5.74, 6) is 0. The van der Waals surface area contributed by atoms with Crippen molar-refractivity contribution in [2.45, 2.75) is 13.8 Å². The van der Waals surface area contributed by atoms with Gasteiger partial charge in [-0.2, -0.15) is 0 Å². The highest BCUT2D eigenvalue weighted by molar-refractivity contribution is 6.39. The molecule has 0 fully saturated rings. The van der Waals surface area contributed by atoms with E-state index in [2.05, 4.69) is 4.98 Å². The molecular formula is C11H9Cl2N. The fourth-order valence-electron chi connectivity index (χ4n) is 1.42. The maximum absolute atomic E-state index is 6.20. The normalized spacial score (nSPS) is 10.9. The molecule has 0 aliphatic carbocycles. The predicted molar refractivity (Wildman–Crippen MR) is 61.2 cm³/mol. The van der Waals surface area contributed by atoms with Crippen molar-refractivity contribution in [1.29, 1.82) is 0 Å². The van der Waals surface area contributed by atoms with Gasteiger partial charge in [-0.25, -0.2) is 0 Å². The molecule has 0 saturated carbocycles. The first-order valence-corrected chi connectivity index (χ1v) is 5.08. The fourth-order valence-corrected chi connectivity index (χ4v) is 1.92. The van der Waals surface area contributed by atoms with Gasteiger partial charge in [-0.15, -0.1) is 0 Å². The van der Waals surface area contributed by atoms with Crippen LogP contribution < -0.4 is 0 Å². The molecule has 0 N–H and O–H groups in total. The van der Waals surface area contributed by atoms with E-state index in [0.29, 0.717) is 5.02 Å². The van der Waals surface area contributed by atoms with Crippen LogP contribution in [-0.4, -0.2) is 4.98 Å². The van der Waals surface area contributed by atoms with Gasteiger partial charge in [0.25, 0.3) is 0 Å². The number of fused-ring (bicyclic) bond motifs is 1. The van der Waals surface area contributed by atoms with Crippen molar-refractivity contribution < 1.29 is 0 Å². The molecule has 0 radical (unpaired) electrons. The van der Waals surface area contributed by atoms with Crippen LogP contribution in [0, 0.1) is 13.8 Å². The molecule has 0 aliphatic rings. The summed E-state index contributed by atoms with van der Waals surface area (Å²) in [7, 11) is 0. The van der Waals surface area contributed by atoms with E-state index < -0.39 is 0 Å². The molecule has 14 heavy (non-hydrogen) atoms. The van der Waals surface area contributed by atoms with E-state index in [4.69, 9.17) is 23.2 Å². The second-order valence-electron chi connectivity index (χ2n) is 3.27. The van der Waals surface area contributed by atoms with Gasteiger partial charge in [-0.1, -0.05) is 35.3 Å². The summed E-state index contributed by atoms with van der Waals surface area (Å²) in [5, 5.41) is 2.31. The predicted octanol–water partition coefficient (Wildman–Crippen LogP) is 4.16. The van der Waals surface area contributed by atoms with Gasteiger partial charge in [0.05, 0.1) is 15.6 Å². The number of pyridine rings is 1. The van der Waals surface area contributed by atoms with E-state index >= 15 is 0 Å². The second kappa shape index (κ2) is 3.41. The highest BCUT2D eigenvalue weighted by atomic mass is 35.5. The van der Waals surface area contributed by atoms with Crippen LogP contribution >= 0.6 is 23.2 Å². The zero-order valence-corrected chi connectivity index (χ0v) is 9.45. The van der Waals surface area contributed by atoms with Crippen LogP contribution in [0.15, 0.2) is 18.2 Å². The molecule has 1 heterocycles. The van der Waals surface area contributed by atoms with Gasteiger partial charge in [-0.05, 0) is 25.5 Å². The highest BCUT2D eigenvalue weighted by Crippen LogP contribution is 2.30. The minimum Gasteiger partial charge on any atom is -0.251 e. The first-order chi connectivity index (χ1) is 6.61. The largest absolute Gasteiger partial charge is 0.251 e. The van der Waals surface area contributed by atoms with Gasteiger partial charge in [0.15, 0.2) is 0 Å². The number of para-hydroxylation sites is 1. The van der Waals surface area contributed by atoms with Crippen LogP contribution in [0.4, 0.5) is 0 Å². The maximum atomic E-state index is 6.20. The molecule has 1 aromatic heterocycles. The van der Waals surface area contributed by atoms with Gasteiger partial charge >= 0.3 is 0 Å². The Labute approximate surface area is 92.7 Å². The molecule has 72 valence electrons. The van der Waals surface area contributed by atoms with E-state index in [9.17, 15) is 0 Å². The highest BCUT2D eigenvalue weighted by Gasteiger charge is 2.08. The van der Waals surface area contributed by atoms with Crippen LogP contribution in [0.3, 0.4) is 0 Å². The van der Waals surface area contributed by atoms with Crippen molar-refractivity contribution in [3.8, 4) is 0 Å². The van der Waals surface area contributed by atoms with Crippen molar-refractivity contribution in [3.63, 3.8) is 0 Å². The van der Waals surface area contributed by atoms with Crippen LogP contribution in [0.1, 0.15) is 11.3 Å². The molecule has 3 heteroatoms. The van der Waals surface area contributed by atoms with Gasteiger partial charge < -0.3 is 0 Å². The molecule has 0 atom stereocenters. The summed E-state index contributed by atoms with van der Waals surface area (Å²) in [5.41, 5.74) is 2.72. The fraction of sp³-hybridized carbons (Fsp3) is 0.182. The molecule has 2 aromatic rings. The average molecular weight is 226 g/mol. The molecule has 0 amide bonds. The van der Waals surface area contributed by atoms with Crippen LogP contribution in [0.2, 0.25) is 10.0 Å². The third kappa shape index (κ3) is 1.37. The molecule has 1 aromatic carbocycles. The summed E-state index contributed by atoms with van der Waals surface area (Å²) in [6.07, 6.45) is 0. The second-order valence-corrected chi connectivity index (χ2v) is 4.06. The number of hydrogen-bond donors (Lipinski definition) is 0. The Morgan fingerprint density at radius 1 is 1.14 bits per heavy atom. The summed E-state index contributed by atoms with van der Waals surface area (Å²) in [6, 6.07) is 5.64. The third-order valence-corrected chi connectivity index (χ3v) is 3.17. The van der Waals surface area contributed by atoms with Crippen molar-refractivity contribution in [2.24, 2.45) is 0 Å². The Kier molecular flexibility index (Phi) is 2.38. The lowest BCUT2D eigenvalue weighted by Crippen LogP contribution is -1.90. The molecule has 2 rings (SSSR count). The molecule has 0 spiro atoms. The number of aryl methyl sites for hydroxylation is 1. The lowest BCUT2D eigenvalue weighted by Gasteiger charge is -2.07. The van der Waals surface area contributed by atoms with Crippen molar-refractivity contribution in [3.05, 3.63) is 39.5 Å². The van der Waals surface area contributed by atoms with Crippen LogP contribution in [0.5, 0.6) is 0 Å². The molecule has 1 nitrogen and oxygen atoms in total. The Hall–Kier alpha value is -0.790. The summed E-state index contributed by atoms with van der Waals surface area (Å²) in [6.45, 7) is 3.90. The maximum Gasteiger partial charge on any atom is 0.0906 e. The Morgan fingerprint density at radius 2 is 1.86 bits per heavy atom. The number of nitrogens with zero attached hydrogens (tertiary/aromatic N) is 1. The third-order valence-electron chi connectivity index (χ3n) is 2.37. The van der Waals surface area contributed by atoms with Gasteiger partial charge in [0, 0.05) is 11.1 Å². The quantitative estimate of drug-likeness (QED) is 0.657. The monoisotopic (exact) mass is 225 g/mol. The number of rotatable bonds is 0. The van der Waals surface area contributed by atoms with E-state index in [1.807, 2.05) is 32.0 Å². The molecule has 0 aliphatic heterocycles. The van der Waals surface area contributed by atoms with E-state index in [-0.39, 0.29) is 0 Å². The van der Waals surface area contributed by atoms with E-state index in [1.54, 1.807) is 0 Å². The van der Waals surface area contributed by atoms with Gasteiger partial charge in [0.1, 0.15) is 0 Å². The average Bonchev–Trinajstić information content (AvgIpc) is 2.17. The lowest BCUT2D eigenvalue weighted by atomic mass is 10.1.